The van der Waals surface area contributed by atoms with Gasteiger partial charge in [-0.3, -0.25) is 9.59 Å². The van der Waals surface area contributed by atoms with E-state index in [-0.39, 0.29) is 19.4 Å². The van der Waals surface area contributed by atoms with Crippen LogP contribution in [0.3, 0.4) is 0 Å². The highest BCUT2D eigenvalue weighted by atomic mass is 16.4. The monoisotopic (exact) mass is 289 g/mol. The van der Waals surface area contributed by atoms with Gasteiger partial charge in [0.2, 0.25) is 5.91 Å². The fourth-order valence-corrected chi connectivity index (χ4v) is 1.90. The standard InChI is InChI=1S/C11H19N3O6/c1-5(15)7(9(17)18)14-8(16)6-2-3-11(20,4-12)10(19)13-6/h5-7,15,20H,2-4,12H2,1H3,(H,13,19)(H,14,16)(H,17,18). The van der Waals surface area contributed by atoms with Gasteiger partial charge in [-0.2, -0.15) is 0 Å². The van der Waals surface area contributed by atoms with E-state index in [2.05, 4.69) is 10.6 Å². The maximum Gasteiger partial charge on any atom is 0.328 e. The molecule has 0 aromatic rings. The topological polar surface area (TPSA) is 162 Å². The molecule has 0 aromatic heterocycles. The van der Waals surface area contributed by atoms with Gasteiger partial charge in [-0.25, -0.2) is 4.79 Å². The van der Waals surface area contributed by atoms with Gasteiger partial charge in [-0.05, 0) is 19.8 Å². The van der Waals surface area contributed by atoms with Crippen molar-refractivity contribution in [1.82, 2.24) is 10.6 Å². The Hall–Kier alpha value is -1.71. The summed E-state index contributed by atoms with van der Waals surface area (Å²) in [6, 6.07) is -2.43. The lowest BCUT2D eigenvalue weighted by molar-refractivity contribution is -0.149. The molecule has 1 heterocycles. The number of aliphatic hydroxyl groups excluding tert-OH is 1. The highest BCUT2D eigenvalue weighted by Gasteiger charge is 2.42. The maximum atomic E-state index is 11.8. The fourth-order valence-electron chi connectivity index (χ4n) is 1.90. The van der Waals surface area contributed by atoms with Crippen molar-refractivity contribution in [2.75, 3.05) is 6.54 Å². The Balaban J connectivity index is 2.67. The Morgan fingerprint density at radius 2 is 2.20 bits per heavy atom. The van der Waals surface area contributed by atoms with Gasteiger partial charge >= 0.3 is 5.97 Å². The molecule has 1 saturated heterocycles. The second kappa shape index (κ2) is 6.16. The second-order valence-corrected chi connectivity index (χ2v) is 4.87. The Labute approximate surface area is 115 Å². The van der Waals surface area contributed by atoms with Crippen LogP contribution < -0.4 is 16.4 Å². The highest BCUT2D eigenvalue weighted by molar-refractivity contribution is 5.94. The zero-order chi connectivity index (χ0) is 15.5. The number of nitrogens with two attached hydrogens (primary N) is 1. The molecule has 2 amide bonds. The van der Waals surface area contributed by atoms with E-state index in [9.17, 15) is 24.6 Å². The molecular formula is C11H19N3O6. The number of nitrogens with one attached hydrogen (secondary N) is 2. The van der Waals surface area contributed by atoms with Crippen molar-refractivity contribution < 1.29 is 29.7 Å². The van der Waals surface area contributed by atoms with Crippen molar-refractivity contribution in [1.29, 1.82) is 0 Å². The van der Waals surface area contributed by atoms with E-state index in [0.717, 1.165) is 0 Å². The molecule has 9 nitrogen and oxygen atoms in total. The number of aliphatic carboxylic acids is 1. The summed E-state index contributed by atoms with van der Waals surface area (Å²) < 4.78 is 0. The predicted molar refractivity (Wildman–Crippen MR) is 66.4 cm³/mol. The summed E-state index contributed by atoms with van der Waals surface area (Å²) in [4.78, 5) is 34.3. The quantitative estimate of drug-likeness (QED) is 0.312. The SMILES string of the molecule is CC(O)C(NC(=O)C1CCC(O)(CN)C(=O)N1)C(=O)O. The average Bonchev–Trinajstić information content (AvgIpc) is 2.38. The number of carboxylic acids is 1. The molecule has 1 aliphatic rings. The van der Waals surface area contributed by atoms with Crippen LogP contribution in [0.5, 0.6) is 0 Å². The van der Waals surface area contributed by atoms with Crippen molar-refractivity contribution in [2.24, 2.45) is 5.73 Å². The molecule has 0 aromatic carbocycles. The zero-order valence-corrected chi connectivity index (χ0v) is 11.0. The second-order valence-electron chi connectivity index (χ2n) is 4.87. The maximum absolute atomic E-state index is 11.8. The van der Waals surface area contributed by atoms with E-state index in [1.165, 1.54) is 6.92 Å². The van der Waals surface area contributed by atoms with Crippen LogP contribution >= 0.6 is 0 Å². The molecule has 0 bridgehead atoms. The lowest BCUT2D eigenvalue weighted by atomic mass is 9.89. The number of carbonyl (C=O) groups is 3. The van der Waals surface area contributed by atoms with Gasteiger partial charge in [0.05, 0.1) is 6.10 Å². The Kier molecular flexibility index (Phi) is 5.03. The number of rotatable bonds is 5. The minimum Gasteiger partial charge on any atom is -0.480 e. The average molecular weight is 289 g/mol. The number of hydrogen-bond acceptors (Lipinski definition) is 6. The molecule has 1 aliphatic heterocycles. The lowest BCUT2D eigenvalue weighted by Crippen LogP contribution is -2.63. The van der Waals surface area contributed by atoms with Gasteiger partial charge < -0.3 is 31.7 Å². The third-order valence-electron chi connectivity index (χ3n) is 3.27. The third-order valence-corrected chi connectivity index (χ3v) is 3.27. The normalized spacial score (nSPS) is 29.2. The summed E-state index contributed by atoms with van der Waals surface area (Å²) in [5.41, 5.74) is 3.59. The van der Waals surface area contributed by atoms with Gasteiger partial charge in [0.1, 0.15) is 6.04 Å². The zero-order valence-electron chi connectivity index (χ0n) is 11.0. The van der Waals surface area contributed by atoms with E-state index in [1.54, 1.807) is 0 Å². The first-order valence-electron chi connectivity index (χ1n) is 6.16. The van der Waals surface area contributed by atoms with E-state index in [0.29, 0.717) is 0 Å². The molecule has 0 saturated carbocycles. The molecule has 0 spiro atoms. The van der Waals surface area contributed by atoms with Crippen LogP contribution in [0.4, 0.5) is 0 Å². The number of piperidine rings is 1. The number of carbonyl (C=O) groups excluding carboxylic acids is 2. The minimum atomic E-state index is -1.70. The number of amides is 2. The molecule has 4 atom stereocenters. The van der Waals surface area contributed by atoms with Gasteiger partial charge in [-0.15, -0.1) is 0 Å². The predicted octanol–water partition coefficient (Wildman–Crippen LogP) is -3.09. The van der Waals surface area contributed by atoms with E-state index < -0.39 is 41.6 Å². The summed E-state index contributed by atoms with van der Waals surface area (Å²) in [5, 5.41) is 32.3. The van der Waals surface area contributed by atoms with Gasteiger partial charge in [0.25, 0.3) is 5.91 Å². The van der Waals surface area contributed by atoms with Crippen molar-refractivity contribution in [3.8, 4) is 0 Å². The van der Waals surface area contributed by atoms with E-state index in [4.69, 9.17) is 10.8 Å². The van der Waals surface area contributed by atoms with Gasteiger partial charge in [0, 0.05) is 6.54 Å². The summed E-state index contributed by atoms with van der Waals surface area (Å²) in [6.45, 7) is 0.963. The fraction of sp³-hybridized carbons (Fsp3) is 0.727. The molecule has 20 heavy (non-hydrogen) atoms. The third kappa shape index (κ3) is 3.44. The number of hydrogen-bond donors (Lipinski definition) is 6. The van der Waals surface area contributed by atoms with Crippen molar-refractivity contribution >= 4 is 17.8 Å². The van der Waals surface area contributed by atoms with E-state index in [1.807, 2.05) is 0 Å². The number of aliphatic hydroxyl groups is 2. The summed E-state index contributed by atoms with van der Waals surface area (Å²) in [7, 11) is 0. The van der Waals surface area contributed by atoms with Crippen LogP contribution in [0.1, 0.15) is 19.8 Å². The minimum absolute atomic E-state index is 0.000162. The summed E-state index contributed by atoms with van der Waals surface area (Å²) >= 11 is 0. The van der Waals surface area contributed by atoms with Crippen molar-refractivity contribution in [2.45, 2.75) is 43.6 Å². The molecule has 9 heteroatoms. The van der Waals surface area contributed by atoms with Crippen molar-refractivity contribution in [3.05, 3.63) is 0 Å². The molecular weight excluding hydrogens is 270 g/mol. The van der Waals surface area contributed by atoms with E-state index >= 15 is 0 Å². The lowest BCUT2D eigenvalue weighted by Gasteiger charge is -2.34. The smallest absolute Gasteiger partial charge is 0.328 e. The first-order valence-corrected chi connectivity index (χ1v) is 6.16. The van der Waals surface area contributed by atoms with Crippen LogP contribution in [-0.2, 0) is 14.4 Å². The Morgan fingerprint density at radius 1 is 1.60 bits per heavy atom. The van der Waals surface area contributed by atoms with Crippen LogP contribution in [0, 0.1) is 0 Å². The van der Waals surface area contributed by atoms with Crippen LogP contribution in [0.15, 0.2) is 0 Å². The molecule has 0 radical (unpaired) electrons. The van der Waals surface area contributed by atoms with Gasteiger partial charge in [-0.1, -0.05) is 0 Å². The number of carboxylic acid groups (broad SMARTS) is 1. The summed E-state index contributed by atoms with van der Waals surface area (Å²) in [5.74, 6) is -2.88. The van der Waals surface area contributed by atoms with Crippen molar-refractivity contribution in [3.63, 3.8) is 0 Å². The summed E-state index contributed by atoms with van der Waals surface area (Å²) in [6.07, 6.45) is -1.16. The Morgan fingerprint density at radius 3 is 2.60 bits per heavy atom. The first-order chi connectivity index (χ1) is 9.21. The molecule has 7 N–H and O–H groups in total. The van der Waals surface area contributed by atoms with Crippen LogP contribution in [0.25, 0.3) is 0 Å². The van der Waals surface area contributed by atoms with Crippen LogP contribution in [0.2, 0.25) is 0 Å². The van der Waals surface area contributed by atoms with Crippen LogP contribution in [-0.4, -0.2) is 63.4 Å². The molecule has 114 valence electrons. The van der Waals surface area contributed by atoms with Gasteiger partial charge in [0.15, 0.2) is 11.6 Å². The molecule has 4 unspecified atom stereocenters. The molecule has 0 aliphatic carbocycles. The molecule has 1 fully saturated rings. The highest BCUT2D eigenvalue weighted by Crippen LogP contribution is 2.19. The first kappa shape index (κ1) is 16.3. The molecule has 1 rings (SSSR count). The Bertz CT molecular complexity index is 413. The largest absolute Gasteiger partial charge is 0.480 e.